The van der Waals surface area contributed by atoms with Gasteiger partial charge in [0, 0.05) is 6.54 Å². The normalized spacial score (nSPS) is 12.2. The molecule has 3 aromatic rings. The number of aromatic nitrogens is 2. The molecule has 0 aliphatic heterocycles. The van der Waals surface area contributed by atoms with E-state index in [1.807, 2.05) is 41.8 Å². The number of hydrogen-bond donors (Lipinski definition) is 2. The van der Waals surface area contributed by atoms with Gasteiger partial charge in [-0.2, -0.15) is 0 Å². The first kappa shape index (κ1) is 13.5. The highest BCUT2D eigenvalue weighted by Crippen LogP contribution is 2.25. The number of benzene rings is 1. The topological polar surface area (TPSA) is 75.1 Å². The third-order valence-electron chi connectivity index (χ3n) is 3.24. The van der Waals surface area contributed by atoms with E-state index in [-0.39, 0.29) is 6.54 Å². The van der Waals surface area contributed by atoms with Gasteiger partial charge in [0.25, 0.3) is 0 Å². The zero-order valence-electron chi connectivity index (χ0n) is 11.1. The molecule has 0 aliphatic carbocycles. The zero-order chi connectivity index (χ0) is 14.7. The van der Waals surface area contributed by atoms with Crippen LogP contribution >= 0.6 is 11.3 Å². The van der Waals surface area contributed by atoms with Crippen LogP contribution in [-0.2, 0) is 4.79 Å². The lowest BCUT2D eigenvalue weighted by molar-refractivity contribution is -0.138. The van der Waals surface area contributed by atoms with Crippen molar-refractivity contribution in [2.75, 3.05) is 11.9 Å². The van der Waals surface area contributed by atoms with E-state index >= 15 is 0 Å². The minimum absolute atomic E-state index is 0.279. The van der Waals surface area contributed by atoms with Crippen molar-refractivity contribution >= 4 is 33.3 Å². The molecule has 21 heavy (non-hydrogen) atoms. The molecule has 5 nitrogen and oxygen atoms in total. The Morgan fingerprint density at radius 1 is 1.24 bits per heavy atom. The Labute approximate surface area is 125 Å². The van der Waals surface area contributed by atoms with Gasteiger partial charge in [-0.15, -0.1) is 11.3 Å². The van der Waals surface area contributed by atoms with Crippen LogP contribution in [0.3, 0.4) is 0 Å². The molecule has 0 fully saturated rings. The second-order valence-corrected chi connectivity index (χ2v) is 5.44. The van der Waals surface area contributed by atoms with Gasteiger partial charge in [0.1, 0.15) is 17.0 Å². The lowest BCUT2D eigenvalue weighted by atomic mass is 9.99. The van der Waals surface area contributed by atoms with Gasteiger partial charge in [-0.25, -0.2) is 9.97 Å². The van der Waals surface area contributed by atoms with Crippen molar-refractivity contribution in [2.24, 2.45) is 0 Å². The summed E-state index contributed by atoms with van der Waals surface area (Å²) in [5.74, 6) is -0.803. The Hall–Kier alpha value is -2.47. The van der Waals surface area contributed by atoms with E-state index in [9.17, 15) is 9.90 Å². The van der Waals surface area contributed by atoms with Crippen LogP contribution in [0.25, 0.3) is 10.2 Å². The van der Waals surface area contributed by atoms with Crippen molar-refractivity contribution in [3.63, 3.8) is 0 Å². The third kappa shape index (κ3) is 2.85. The van der Waals surface area contributed by atoms with E-state index < -0.39 is 11.9 Å². The van der Waals surface area contributed by atoms with Gasteiger partial charge < -0.3 is 10.4 Å². The van der Waals surface area contributed by atoms with E-state index in [1.54, 1.807) is 0 Å². The van der Waals surface area contributed by atoms with Crippen molar-refractivity contribution in [1.82, 2.24) is 9.97 Å². The number of carboxylic acids is 1. The Balaban J connectivity index is 1.82. The molecular formula is C15H13N3O2S. The van der Waals surface area contributed by atoms with E-state index in [0.29, 0.717) is 5.82 Å². The fourth-order valence-electron chi connectivity index (χ4n) is 2.16. The average Bonchev–Trinajstić information content (AvgIpc) is 2.97. The van der Waals surface area contributed by atoms with Crippen LogP contribution in [0.4, 0.5) is 5.82 Å². The van der Waals surface area contributed by atoms with Crippen molar-refractivity contribution < 1.29 is 9.90 Å². The van der Waals surface area contributed by atoms with Gasteiger partial charge in [-0.3, -0.25) is 4.79 Å². The summed E-state index contributed by atoms with van der Waals surface area (Å²) in [6, 6.07) is 11.1. The molecule has 2 N–H and O–H groups in total. The van der Waals surface area contributed by atoms with Gasteiger partial charge in [-0.1, -0.05) is 30.3 Å². The molecule has 0 amide bonds. The standard InChI is InChI=1S/C15H13N3O2S/c19-15(20)12(10-4-2-1-3-5-10)8-16-13-11-6-7-21-14(11)18-9-17-13/h1-7,9,12H,8H2,(H,19,20)(H,16,17,18). The minimum Gasteiger partial charge on any atom is -0.481 e. The number of nitrogens with one attached hydrogen (secondary N) is 1. The summed E-state index contributed by atoms with van der Waals surface area (Å²) in [5, 5.41) is 15.4. The molecule has 3 rings (SSSR count). The lowest BCUT2D eigenvalue weighted by Gasteiger charge is -2.14. The number of fused-ring (bicyclic) bond motifs is 1. The summed E-state index contributed by atoms with van der Waals surface area (Å²) in [4.78, 5) is 20.7. The van der Waals surface area contributed by atoms with Crippen LogP contribution in [0.15, 0.2) is 48.1 Å². The number of rotatable bonds is 5. The molecule has 0 spiro atoms. The maximum Gasteiger partial charge on any atom is 0.312 e. The summed E-state index contributed by atoms with van der Waals surface area (Å²) in [6.45, 7) is 0.279. The van der Waals surface area contributed by atoms with E-state index in [1.165, 1.54) is 17.7 Å². The highest BCUT2D eigenvalue weighted by atomic mass is 32.1. The highest BCUT2D eigenvalue weighted by molar-refractivity contribution is 7.16. The molecule has 1 aromatic carbocycles. The first-order valence-corrected chi connectivity index (χ1v) is 7.33. The molecule has 6 heteroatoms. The summed E-state index contributed by atoms with van der Waals surface area (Å²) in [6.07, 6.45) is 1.49. The molecule has 0 aliphatic rings. The number of nitrogens with zero attached hydrogens (tertiary/aromatic N) is 2. The Bertz CT molecular complexity index is 758. The molecule has 106 valence electrons. The average molecular weight is 299 g/mol. The van der Waals surface area contributed by atoms with Gasteiger partial charge >= 0.3 is 5.97 Å². The number of hydrogen-bond acceptors (Lipinski definition) is 5. The van der Waals surface area contributed by atoms with Crippen LogP contribution in [-0.4, -0.2) is 27.6 Å². The fraction of sp³-hybridized carbons (Fsp3) is 0.133. The summed E-state index contributed by atoms with van der Waals surface area (Å²) in [7, 11) is 0. The van der Waals surface area contributed by atoms with Gasteiger partial charge in [0.15, 0.2) is 0 Å². The summed E-state index contributed by atoms with van der Waals surface area (Å²) in [5.41, 5.74) is 0.771. The molecule has 1 unspecified atom stereocenters. The third-order valence-corrected chi connectivity index (χ3v) is 4.06. The predicted molar refractivity (Wildman–Crippen MR) is 82.7 cm³/mol. The van der Waals surface area contributed by atoms with Gasteiger partial charge in [0.2, 0.25) is 0 Å². The molecule has 0 bridgehead atoms. The van der Waals surface area contributed by atoms with Crippen molar-refractivity contribution in [2.45, 2.75) is 5.92 Å². The number of carbonyl (C=O) groups is 1. The smallest absolute Gasteiger partial charge is 0.312 e. The van der Waals surface area contributed by atoms with Crippen LogP contribution in [0.5, 0.6) is 0 Å². The first-order valence-electron chi connectivity index (χ1n) is 6.45. The Kier molecular flexibility index (Phi) is 3.79. The maximum atomic E-state index is 11.5. The highest BCUT2D eigenvalue weighted by Gasteiger charge is 2.19. The van der Waals surface area contributed by atoms with Crippen molar-refractivity contribution in [3.05, 3.63) is 53.7 Å². The molecule has 1 atom stereocenters. The van der Waals surface area contributed by atoms with Crippen LogP contribution in [0.2, 0.25) is 0 Å². The molecular weight excluding hydrogens is 286 g/mol. The van der Waals surface area contributed by atoms with Gasteiger partial charge in [-0.05, 0) is 17.0 Å². The van der Waals surface area contributed by atoms with Crippen molar-refractivity contribution in [1.29, 1.82) is 0 Å². The fourth-order valence-corrected chi connectivity index (χ4v) is 2.90. The minimum atomic E-state index is -0.857. The van der Waals surface area contributed by atoms with Crippen LogP contribution in [0.1, 0.15) is 11.5 Å². The largest absolute Gasteiger partial charge is 0.481 e. The SMILES string of the molecule is O=C(O)C(CNc1ncnc2sccc12)c1ccccc1. The second kappa shape index (κ2) is 5.88. The van der Waals surface area contributed by atoms with Crippen molar-refractivity contribution in [3.8, 4) is 0 Å². The van der Waals surface area contributed by atoms with E-state index in [4.69, 9.17) is 0 Å². The summed E-state index contributed by atoms with van der Waals surface area (Å²) >= 11 is 1.53. The number of thiophene rings is 1. The van der Waals surface area contributed by atoms with Gasteiger partial charge in [0.05, 0.1) is 11.3 Å². The molecule has 0 radical (unpaired) electrons. The molecule has 0 saturated heterocycles. The summed E-state index contributed by atoms with van der Waals surface area (Å²) < 4.78 is 0. The second-order valence-electron chi connectivity index (χ2n) is 4.54. The number of carboxylic acid groups (broad SMARTS) is 1. The Morgan fingerprint density at radius 2 is 2.05 bits per heavy atom. The quantitative estimate of drug-likeness (QED) is 0.757. The van der Waals surface area contributed by atoms with Crippen LogP contribution < -0.4 is 5.32 Å². The first-order chi connectivity index (χ1) is 10.3. The monoisotopic (exact) mass is 299 g/mol. The molecule has 0 saturated carbocycles. The Morgan fingerprint density at radius 3 is 2.81 bits per heavy atom. The lowest BCUT2D eigenvalue weighted by Crippen LogP contribution is -2.21. The predicted octanol–water partition coefficient (Wildman–Crippen LogP) is 2.97. The van der Waals surface area contributed by atoms with E-state index in [0.717, 1.165) is 15.8 Å². The maximum absolute atomic E-state index is 11.5. The number of anilines is 1. The van der Waals surface area contributed by atoms with Crippen LogP contribution in [0, 0.1) is 0 Å². The number of aliphatic carboxylic acids is 1. The molecule has 2 heterocycles. The van der Waals surface area contributed by atoms with E-state index in [2.05, 4.69) is 15.3 Å². The molecule has 2 aromatic heterocycles. The zero-order valence-corrected chi connectivity index (χ0v) is 11.9.